The van der Waals surface area contributed by atoms with Gasteiger partial charge in [0.2, 0.25) is 0 Å². The number of aryl methyl sites for hydroxylation is 1. The fourth-order valence-corrected chi connectivity index (χ4v) is 2.96. The lowest BCUT2D eigenvalue weighted by atomic mass is 10.0. The Kier molecular flexibility index (Phi) is 5.17. The molecule has 1 fully saturated rings. The van der Waals surface area contributed by atoms with Crippen LogP contribution in [0.15, 0.2) is 18.2 Å². The van der Waals surface area contributed by atoms with Crippen LogP contribution in [0.1, 0.15) is 43.4 Å². The van der Waals surface area contributed by atoms with E-state index in [1.807, 2.05) is 12.1 Å². The highest BCUT2D eigenvalue weighted by molar-refractivity contribution is 5.37. The van der Waals surface area contributed by atoms with E-state index in [1.54, 1.807) is 0 Å². The molecule has 0 bridgehead atoms. The monoisotopic (exact) mass is 271 g/mol. The van der Waals surface area contributed by atoms with Crippen molar-refractivity contribution in [3.05, 3.63) is 34.9 Å². The van der Waals surface area contributed by atoms with Gasteiger partial charge in [-0.25, -0.2) is 0 Å². The molecule has 0 aromatic heterocycles. The third-order valence-electron chi connectivity index (χ3n) is 4.42. The molecule has 2 unspecified atom stereocenters. The summed E-state index contributed by atoms with van der Waals surface area (Å²) >= 11 is 0. The zero-order valence-corrected chi connectivity index (χ0v) is 12.8. The summed E-state index contributed by atoms with van der Waals surface area (Å²) in [6.45, 7) is 9.82. The van der Waals surface area contributed by atoms with E-state index in [2.05, 4.69) is 43.1 Å². The van der Waals surface area contributed by atoms with Gasteiger partial charge in [-0.3, -0.25) is 4.90 Å². The number of rotatable bonds is 4. The normalized spacial score (nSPS) is 23.5. The summed E-state index contributed by atoms with van der Waals surface area (Å²) < 4.78 is 0. The van der Waals surface area contributed by atoms with Gasteiger partial charge in [-0.1, -0.05) is 19.9 Å². The Hall–Kier alpha value is -1.37. The lowest BCUT2D eigenvalue weighted by Crippen LogP contribution is -2.55. The van der Waals surface area contributed by atoms with E-state index in [0.29, 0.717) is 12.1 Å². The molecule has 1 aromatic rings. The molecule has 3 nitrogen and oxygen atoms in total. The predicted molar refractivity (Wildman–Crippen MR) is 82.5 cm³/mol. The predicted octanol–water partition coefficient (Wildman–Crippen LogP) is 2.83. The van der Waals surface area contributed by atoms with E-state index < -0.39 is 0 Å². The fraction of sp³-hybridized carbons (Fsp3) is 0.588. The van der Waals surface area contributed by atoms with Crippen LogP contribution in [0.25, 0.3) is 0 Å². The molecule has 0 radical (unpaired) electrons. The van der Waals surface area contributed by atoms with Crippen molar-refractivity contribution >= 4 is 0 Å². The van der Waals surface area contributed by atoms with E-state index in [1.165, 1.54) is 24.0 Å². The van der Waals surface area contributed by atoms with Crippen molar-refractivity contribution in [3.63, 3.8) is 0 Å². The van der Waals surface area contributed by atoms with E-state index >= 15 is 0 Å². The van der Waals surface area contributed by atoms with E-state index in [0.717, 1.165) is 25.2 Å². The van der Waals surface area contributed by atoms with Gasteiger partial charge in [0.05, 0.1) is 11.6 Å². The number of nitrogens with one attached hydrogen (secondary N) is 1. The maximum absolute atomic E-state index is 8.95. The Bertz CT molecular complexity index is 489. The van der Waals surface area contributed by atoms with Crippen molar-refractivity contribution in [1.82, 2.24) is 10.2 Å². The van der Waals surface area contributed by atoms with E-state index in [4.69, 9.17) is 5.26 Å². The lowest BCUT2D eigenvalue weighted by molar-refractivity contribution is 0.117. The van der Waals surface area contributed by atoms with Crippen molar-refractivity contribution in [3.8, 4) is 6.07 Å². The Morgan fingerprint density at radius 2 is 2.15 bits per heavy atom. The zero-order valence-electron chi connectivity index (χ0n) is 12.8. The van der Waals surface area contributed by atoms with Crippen LogP contribution in [0.5, 0.6) is 0 Å². The molecule has 20 heavy (non-hydrogen) atoms. The molecule has 1 heterocycles. The minimum absolute atomic E-state index is 0.608. The number of hydrogen-bond acceptors (Lipinski definition) is 3. The number of nitrogens with zero attached hydrogens (tertiary/aromatic N) is 2. The molecule has 1 aliphatic heterocycles. The second-order valence-corrected chi connectivity index (χ2v) is 5.76. The molecule has 1 saturated heterocycles. The maximum atomic E-state index is 8.95. The third kappa shape index (κ3) is 3.39. The van der Waals surface area contributed by atoms with Crippen molar-refractivity contribution in [1.29, 1.82) is 5.26 Å². The summed E-state index contributed by atoms with van der Waals surface area (Å²) in [7, 11) is 0. The lowest BCUT2D eigenvalue weighted by Gasteiger charge is -2.40. The highest BCUT2D eigenvalue weighted by atomic mass is 15.2. The Morgan fingerprint density at radius 3 is 2.75 bits per heavy atom. The first-order valence-corrected chi connectivity index (χ1v) is 7.65. The number of benzene rings is 1. The molecule has 1 aromatic carbocycles. The molecule has 0 amide bonds. The first kappa shape index (κ1) is 15.0. The molecule has 0 aliphatic carbocycles. The summed E-state index contributed by atoms with van der Waals surface area (Å²) in [6, 6.07) is 9.48. The van der Waals surface area contributed by atoms with Gasteiger partial charge in [0, 0.05) is 31.7 Å². The summed E-state index contributed by atoms with van der Waals surface area (Å²) in [5.74, 6) is 0. The van der Waals surface area contributed by atoms with Gasteiger partial charge in [-0.15, -0.1) is 0 Å². The standard InChI is InChI=1S/C17H25N3/c1-4-16-12-20(17(5-2)10-19-16)11-15-7-6-14(9-18)8-13(15)3/h6-8,16-17,19H,4-5,10-12H2,1-3H3. The zero-order chi connectivity index (χ0) is 14.5. The SMILES string of the molecule is CCC1CN(Cc2ccc(C#N)cc2C)C(CC)CN1. The Morgan fingerprint density at radius 1 is 1.35 bits per heavy atom. The van der Waals surface area contributed by atoms with Crippen LogP contribution in [-0.4, -0.2) is 30.1 Å². The second-order valence-electron chi connectivity index (χ2n) is 5.76. The van der Waals surface area contributed by atoms with Crippen LogP contribution >= 0.6 is 0 Å². The van der Waals surface area contributed by atoms with Crippen molar-refractivity contribution < 1.29 is 0 Å². The highest BCUT2D eigenvalue weighted by Gasteiger charge is 2.25. The molecule has 1 aliphatic rings. The first-order chi connectivity index (χ1) is 9.67. The van der Waals surface area contributed by atoms with Crippen LogP contribution in [0.2, 0.25) is 0 Å². The summed E-state index contributed by atoms with van der Waals surface area (Å²) in [5.41, 5.74) is 3.33. The average molecular weight is 271 g/mol. The summed E-state index contributed by atoms with van der Waals surface area (Å²) in [5, 5.41) is 12.6. The van der Waals surface area contributed by atoms with Crippen LogP contribution < -0.4 is 5.32 Å². The average Bonchev–Trinajstić information content (AvgIpc) is 2.49. The van der Waals surface area contributed by atoms with Crippen LogP contribution in [0.3, 0.4) is 0 Å². The summed E-state index contributed by atoms with van der Waals surface area (Å²) in [6.07, 6.45) is 2.36. The minimum atomic E-state index is 0.608. The van der Waals surface area contributed by atoms with Gasteiger partial charge >= 0.3 is 0 Å². The van der Waals surface area contributed by atoms with Gasteiger partial charge in [-0.05, 0) is 43.0 Å². The van der Waals surface area contributed by atoms with Gasteiger partial charge in [0.1, 0.15) is 0 Å². The van der Waals surface area contributed by atoms with Gasteiger partial charge in [-0.2, -0.15) is 5.26 Å². The van der Waals surface area contributed by atoms with Crippen LogP contribution in [-0.2, 0) is 6.54 Å². The van der Waals surface area contributed by atoms with E-state index in [-0.39, 0.29) is 0 Å². The Labute approximate surface area is 122 Å². The molecule has 108 valence electrons. The third-order valence-corrected chi connectivity index (χ3v) is 4.42. The molecular formula is C17H25N3. The molecule has 1 N–H and O–H groups in total. The molecule has 2 atom stereocenters. The quantitative estimate of drug-likeness (QED) is 0.915. The molecule has 0 saturated carbocycles. The van der Waals surface area contributed by atoms with Crippen LogP contribution in [0, 0.1) is 18.3 Å². The van der Waals surface area contributed by atoms with Gasteiger partial charge in [0.15, 0.2) is 0 Å². The second kappa shape index (κ2) is 6.88. The van der Waals surface area contributed by atoms with Crippen molar-refractivity contribution in [2.45, 2.75) is 52.2 Å². The number of nitriles is 1. The molecular weight excluding hydrogens is 246 g/mol. The minimum Gasteiger partial charge on any atom is -0.311 e. The highest BCUT2D eigenvalue weighted by Crippen LogP contribution is 2.19. The topological polar surface area (TPSA) is 39.1 Å². The van der Waals surface area contributed by atoms with Crippen LogP contribution in [0.4, 0.5) is 0 Å². The first-order valence-electron chi connectivity index (χ1n) is 7.65. The summed E-state index contributed by atoms with van der Waals surface area (Å²) in [4.78, 5) is 2.60. The molecule has 2 rings (SSSR count). The van der Waals surface area contributed by atoms with Gasteiger partial charge < -0.3 is 5.32 Å². The fourth-order valence-electron chi connectivity index (χ4n) is 2.96. The smallest absolute Gasteiger partial charge is 0.0991 e. The molecule has 0 spiro atoms. The van der Waals surface area contributed by atoms with Crippen molar-refractivity contribution in [2.75, 3.05) is 13.1 Å². The van der Waals surface area contributed by atoms with Gasteiger partial charge in [0.25, 0.3) is 0 Å². The van der Waals surface area contributed by atoms with E-state index in [9.17, 15) is 0 Å². The maximum Gasteiger partial charge on any atom is 0.0991 e. The largest absolute Gasteiger partial charge is 0.311 e. The number of piperazine rings is 1. The number of hydrogen-bond donors (Lipinski definition) is 1. The Balaban J connectivity index is 2.12. The molecule has 3 heteroatoms. The van der Waals surface area contributed by atoms with Crippen molar-refractivity contribution in [2.24, 2.45) is 0 Å².